The number of ether oxygens (including phenoxy) is 1. The molecule has 0 fully saturated rings. The van der Waals surface area contributed by atoms with Crippen LogP contribution in [0.3, 0.4) is 0 Å². The summed E-state index contributed by atoms with van der Waals surface area (Å²) in [5.41, 5.74) is 2.27. The molecule has 0 aromatic heterocycles. The first-order valence-corrected chi connectivity index (χ1v) is 8.65. The lowest BCUT2D eigenvalue weighted by atomic mass is 10.2. The highest BCUT2D eigenvalue weighted by Crippen LogP contribution is 2.19. The Hall–Kier alpha value is -2.24. The molecule has 138 valence electrons. The molecule has 1 amide bonds. The molecular formula is C19H20Cl2N2O3. The molecule has 0 aliphatic rings. The Morgan fingerprint density at radius 2 is 1.54 bits per heavy atom. The third-order valence-corrected chi connectivity index (χ3v) is 4.16. The van der Waals surface area contributed by atoms with E-state index in [9.17, 15) is 9.59 Å². The van der Waals surface area contributed by atoms with Gasteiger partial charge in [0.05, 0.1) is 5.56 Å². The van der Waals surface area contributed by atoms with Gasteiger partial charge in [-0.2, -0.15) is 0 Å². The fourth-order valence-corrected chi connectivity index (χ4v) is 2.78. The number of rotatable bonds is 6. The molecule has 0 bridgehead atoms. The van der Waals surface area contributed by atoms with E-state index in [4.69, 9.17) is 27.9 Å². The molecule has 0 aliphatic carbocycles. The van der Waals surface area contributed by atoms with Crippen molar-refractivity contribution in [3.8, 4) is 0 Å². The van der Waals surface area contributed by atoms with E-state index in [-0.39, 0.29) is 18.1 Å². The molecule has 26 heavy (non-hydrogen) atoms. The van der Waals surface area contributed by atoms with Crippen molar-refractivity contribution in [1.82, 2.24) is 4.90 Å². The Morgan fingerprint density at radius 1 is 0.962 bits per heavy atom. The van der Waals surface area contributed by atoms with Crippen LogP contribution in [0.4, 0.5) is 5.69 Å². The van der Waals surface area contributed by atoms with Crippen molar-refractivity contribution in [2.75, 3.05) is 32.6 Å². The number of amides is 1. The van der Waals surface area contributed by atoms with Crippen molar-refractivity contribution >= 4 is 40.8 Å². The number of esters is 1. The van der Waals surface area contributed by atoms with Crippen LogP contribution in [-0.2, 0) is 16.1 Å². The predicted octanol–water partition coefficient (Wildman–Crippen LogP) is 3.87. The third-order valence-electron chi connectivity index (χ3n) is 3.72. The lowest BCUT2D eigenvalue weighted by Crippen LogP contribution is -2.30. The number of anilines is 1. The summed E-state index contributed by atoms with van der Waals surface area (Å²) in [6.07, 6.45) is 0. The SMILES string of the molecule is CN(Cc1ccc(N(C)C)cc1)C(=O)COC(=O)c1cc(Cl)cc(Cl)c1. The minimum absolute atomic E-state index is 0.206. The predicted molar refractivity (Wildman–Crippen MR) is 104 cm³/mol. The van der Waals surface area contributed by atoms with E-state index >= 15 is 0 Å². The quantitative estimate of drug-likeness (QED) is 0.697. The molecule has 2 aromatic carbocycles. The van der Waals surface area contributed by atoms with Gasteiger partial charge in [0.2, 0.25) is 0 Å². The van der Waals surface area contributed by atoms with Gasteiger partial charge in [-0.1, -0.05) is 35.3 Å². The molecule has 0 N–H and O–H groups in total. The zero-order valence-electron chi connectivity index (χ0n) is 14.8. The number of halogens is 2. The molecule has 2 rings (SSSR count). The van der Waals surface area contributed by atoms with E-state index in [2.05, 4.69) is 0 Å². The van der Waals surface area contributed by atoms with E-state index in [1.54, 1.807) is 7.05 Å². The molecule has 0 spiro atoms. The van der Waals surface area contributed by atoms with E-state index in [0.717, 1.165) is 11.3 Å². The minimum atomic E-state index is -0.647. The minimum Gasteiger partial charge on any atom is -0.452 e. The zero-order chi connectivity index (χ0) is 19.3. The van der Waals surface area contributed by atoms with Crippen molar-refractivity contribution < 1.29 is 14.3 Å². The highest BCUT2D eigenvalue weighted by atomic mass is 35.5. The van der Waals surface area contributed by atoms with Crippen molar-refractivity contribution in [2.24, 2.45) is 0 Å². The molecule has 5 nitrogen and oxygen atoms in total. The van der Waals surface area contributed by atoms with E-state index < -0.39 is 5.97 Å². The fraction of sp³-hybridized carbons (Fsp3) is 0.263. The van der Waals surface area contributed by atoms with Gasteiger partial charge in [0.1, 0.15) is 0 Å². The van der Waals surface area contributed by atoms with E-state index in [0.29, 0.717) is 16.6 Å². The summed E-state index contributed by atoms with van der Waals surface area (Å²) >= 11 is 11.7. The summed E-state index contributed by atoms with van der Waals surface area (Å²) in [7, 11) is 5.59. The first-order valence-electron chi connectivity index (χ1n) is 7.89. The van der Waals surface area contributed by atoms with Gasteiger partial charge in [0.25, 0.3) is 5.91 Å². The molecule has 0 saturated heterocycles. The van der Waals surface area contributed by atoms with Gasteiger partial charge in [-0.25, -0.2) is 4.79 Å². The number of hydrogen-bond acceptors (Lipinski definition) is 4. The molecule has 0 radical (unpaired) electrons. The number of carbonyl (C=O) groups is 2. The summed E-state index contributed by atoms with van der Waals surface area (Å²) in [4.78, 5) is 27.7. The normalized spacial score (nSPS) is 10.3. The molecule has 0 atom stereocenters. The van der Waals surface area contributed by atoms with Gasteiger partial charge >= 0.3 is 5.97 Å². The van der Waals surface area contributed by atoms with Crippen LogP contribution in [0.1, 0.15) is 15.9 Å². The molecule has 0 unspecified atom stereocenters. The van der Waals surface area contributed by atoms with E-state index in [1.165, 1.54) is 23.1 Å². The first-order chi connectivity index (χ1) is 12.3. The molecule has 7 heteroatoms. The number of hydrogen-bond donors (Lipinski definition) is 0. The van der Waals surface area contributed by atoms with Crippen molar-refractivity contribution in [1.29, 1.82) is 0 Å². The van der Waals surface area contributed by atoms with Crippen LogP contribution in [0.2, 0.25) is 10.0 Å². The monoisotopic (exact) mass is 394 g/mol. The fourth-order valence-electron chi connectivity index (χ4n) is 2.25. The molecule has 0 saturated carbocycles. The second-order valence-corrected chi connectivity index (χ2v) is 6.92. The van der Waals surface area contributed by atoms with Crippen molar-refractivity contribution in [3.05, 3.63) is 63.6 Å². The number of likely N-dealkylation sites (N-methyl/N-ethyl adjacent to an activating group) is 1. The smallest absolute Gasteiger partial charge is 0.338 e. The molecule has 2 aromatic rings. The van der Waals surface area contributed by atoms with Crippen LogP contribution in [0.25, 0.3) is 0 Å². The Bertz CT molecular complexity index is 772. The van der Waals surface area contributed by atoms with Crippen LogP contribution in [0.15, 0.2) is 42.5 Å². The van der Waals surface area contributed by atoms with Gasteiger partial charge in [-0.15, -0.1) is 0 Å². The maximum atomic E-state index is 12.2. The van der Waals surface area contributed by atoms with Crippen LogP contribution < -0.4 is 4.90 Å². The van der Waals surface area contributed by atoms with Crippen LogP contribution in [0, 0.1) is 0 Å². The lowest BCUT2D eigenvalue weighted by molar-refractivity contribution is -0.133. The maximum absolute atomic E-state index is 12.2. The second kappa shape index (κ2) is 8.92. The number of benzene rings is 2. The van der Waals surface area contributed by atoms with Crippen molar-refractivity contribution in [3.63, 3.8) is 0 Å². The van der Waals surface area contributed by atoms with Crippen LogP contribution in [-0.4, -0.2) is 44.5 Å². The second-order valence-electron chi connectivity index (χ2n) is 6.04. The Morgan fingerprint density at radius 3 is 2.08 bits per heavy atom. The zero-order valence-corrected chi connectivity index (χ0v) is 16.3. The Balaban J connectivity index is 1.89. The topological polar surface area (TPSA) is 49.9 Å². The average molecular weight is 395 g/mol. The molecular weight excluding hydrogens is 375 g/mol. The van der Waals surface area contributed by atoms with E-state index in [1.807, 2.05) is 43.3 Å². The first kappa shape index (κ1) is 20.1. The van der Waals surface area contributed by atoms with Gasteiger partial charge in [0.15, 0.2) is 6.61 Å². The highest BCUT2D eigenvalue weighted by Gasteiger charge is 2.15. The summed E-state index contributed by atoms with van der Waals surface area (Å²) < 4.78 is 5.06. The number of carbonyl (C=O) groups excluding carboxylic acids is 2. The Labute approximate surface area is 163 Å². The van der Waals surface area contributed by atoms with Gasteiger partial charge in [-0.3, -0.25) is 4.79 Å². The van der Waals surface area contributed by atoms with Crippen molar-refractivity contribution in [2.45, 2.75) is 6.54 Å². The molecule has 0 aliphatic heterocycles. The van der Waals surface area contributed by atoms with Gasteiger partial charge in [-0.05, 0) is 35.9 Å². The van der Waals surface area contributed by atoms with Gasteiger partial charge in [0, 0.05) is 43.4 Å². The van der Waals surface area contributed by atoms with Gasteiger partial charge < -0.3 is 14.5 Å². The standard InChI is InChI=1S/C19H20Cl2N2O3/c1-22(2)17-6-4-13(5-7-17)11-23(3)18(24)12-26-19(25)14-8-15(20)10-16(21)9-14/h4-10H,11-12H2,1-3H3. The largest absolute Gasteiger partial charge is 0.452 e. The van der Waals surface area contributed by atoms with Crippen LogP contribution in [0.5, 0.6) is 0 Å². The lowest BCUT2D eigenvalue weighted by Gasteiger charge is -2.18. The summed E-state index contributed by atoms with van der Waals surface area (Å²) in [6.45, 7) is 0.0718. The highest BCUT2D eigenvalue weighted by molar-refractivity contribution is 6.35. The summed E-state index contributed by atoms with van der Waals surface area (Å²) in [5, 5.41) is 0.656. The summed E-state index contributed by atoms with van der Waals surface area (Å²) in [5.74, 6) is -0.949. The third kappa shape index (κ3) is 5.64. The Kier molecular flexibility index (Phi) is 6.89. The molecule has 0 heterocycles. The number of nitrogens with zero attached hydrogens (tertiary/aromatic N) is 2. The average Bonchev–Trinajstić information content (AvgIpc) is 2.58. The maximum Gasteiger partial charge on any atom is 0.338 e. The summed E-state index contributed by atoms with van der Waals surface area (Å²) in [6, 6.07) is 12.3. The van der Waals surface area contributed by atoms with Crippen LogP contribution >= 0.6 is 23.2 Å².